The van der Waals surface area contributed by atoms with Crippen LogP contribution in [0, 0.1) is 0 Å². The maximum Gasteiger partial charge on any atom is 0.162 e. The Bertz CT molecular complexity index is 860. The Morgan fingerprint density at radius 3 is 2.58 bits per heavy atom. The van der Waals surface area contributed by atoms with Crippen molar-refractivity contribution >= 4 is 28.3 Å². The van der Waals surface area contributed by atoms with E-state index in [-0.39, 0.29) is 0 Å². The minimum atomic E-state index is 0.509. The Balaban J connectivity index is 1.89. The molecule has 1 saturated heterocycles. The standard InChI is InChI=1S/C20H20ClN3/c1-14-6-4-5-13-24(14)20-17-7-2-3-8-18(17)22-19(23-20)15-9-11-16(21)12-10-15/h2-3,7-12,14H,4-6,13H2,1H3. The van der Waals surface area contributed by atoms with Crippen LogP contribution in [-0.4, -0.2) is 22.6 Å². The van der Waals surface area contributed by atoms with E-state index < -0.39 is 0 Å². The summed E-state index contributed by atoms with van der Waals surface area (Å²) in [5.74, 6) is 1.82. The molecule has 122 valence electrons. The van der Waals surface area contributed by atoms with Crippen LogP contribution in [0.2, 0.25) is 5.02 Å². The quantitative estimate of drug-likeness (QED) is 0.633. The molecule has 0 spiro atoms. The van der Waals surface area contributed by atoms with Crippen LogP contribution in [0.25, 0.3) is 22.3 Å². The lowest BCUT2D eigenvalue weighted by Gasteiger charge is -2.35. The molecule has 3 nitrogen and oxygen atoms in total. The number of nitrogens with zero attached hydrogens (tertiary/aromatic N) is 3. The molecule has 0 bridgehead atoms. The zero-order valence-corrected chi connectivity index (χ0v) is 14.5. The molecule has 24 heavy (non-hydrogen) atoms. The van der Waals surface area contributed by atoms with Crippen LogP contribution >= 0.6 is 11.6 Å². The molecule has 1 fully saturated rings. The number of para-hydroxylation sites is 1. The number of fused-ring (bicyclic) bond motifs is 1. The first-order chi connectivity index (χ1) is 11.7. The first kappa shape index (κ1) is 15.4. The largest absolute Gasteiger partial charge is 0.353 e. The monoisotopic (exact) mass is 337 g/mol. The van der Waals surface area contributed by atoms with Gasteiger partial charge in [0.1, 0.15) is 5.82 Å². The van der Waals surface area contributed by atoms with E-state index in [2.05, 4.69) is 30.0 Å². The van der Waals surface area contributed by atoms with Crippen LogP contribution in [0.4, 0.5) is 5.82 Å². The summed E-state index contributed by atoms with van der Waals surface area (Å²) in [6, 6.07) is 16.5. The molecule has 3 aromatic rings. The third kappa shape index (κ3) is 2.84. The highest BCUT2D eigenvalue weighted by Crippen LogP contribution is 2.31. The molecule has 1 aliphatic heterocycles. The molecule has 0 radical (unpaired) electrons. The molecule has 0 amide bonds. The molecule has 4 heteroatoms. The molecule has 2 aromatic carbocycles. The van der Waals surface area contributed by atoms with Gasteiger partial charge in [-0.2, -0.15) is 0 Å². The van der Waals surface area contributed by atoms with E-state index in [1.54, 1.807) is 0 Å². The van der Waals surface area contributed by atoms with Gasteiger partial charge in [0.05, 0.1) is 5.52 Å². The lowest BCUT2D eigenvalue weighted by atomic mass is 10.0. The number of benzene rings is 2. The van der Waals surface area contributed by atoms with Gasteiger partial charge in [-0.1, -0.05) is 23.7 Å². The van der Waals surface area contributed by atoms with Crippen LogP contribution in [0.15, 0.2) is 48.5 Å². The molecular formula is C20H20ClN3. The maximum atomic E-state index is 6.02. The zero-order chi connectivity index (χ0) is 16.5. The molecular weight excluding hydrogens is 318 g/mol. The Kier molecular flexibility index (Phi) is 4.11. The highest BCUT2D eigenvalue weighted by atomic mass is 35.5. The van der Waals surface area contributed by atoms with Gasteiger partial charge in [0.25, 0.3) is 0 Å². The maximum absolute atomic E-state index is 6.02. The van der Waals surface area contributed by atoms with Crippen molar-refractivity contribution in [2.75, 3.05) is 11.4 Å². The van der Waals surface area contributed by atoms with E-state index in [1.165, 1.54) is 19.3 Å². The lowest BCUT2D eigenvalue weighted by Crippen LogP contribution is -2.38. The van der Waals surface area contributed by atoms with Crippen molar-refractivity contribution in [1.82, 2.24) is 9.97 Å². The Hall–Kier alpha value is -2.13. The molecule has 0 aliphatic carbocycles. The predicted octanol–water partition coefficient (Wildman–Crippen LogP) is 5.33. The minimum Gasteiger partial charge on any atom is -0.353 e. The van der Waals surface area contributed by atoms with E-state index in [0.29, 0.717) is 6.04 Å². The van der Waals surface area contributed by atoms with Crippen LogP contribution < -0.4 is 4.90 Å². The Morgan fingerprint density at radius 1 is 1.00 bits per heavy atom. The lowest BCUT2D eigenvalue weighted by molar-refractivity contribution is 0.482. The number of hydrogen-bond donors (Lipinski definition) is 0. The van der Waals surface area contributed by atoms with Crippen molar-refractivity contribution < 1.29 is 0 Å². The SMILES string of the molecule is CC1CCCCN1c1nc(-c2ccc(Cl)cc2)nc2ccccc12. The molecule has 4 rings (SSSR count). The first-order valence-electron chi connectivity index (χ1n) is 8.52. The predicted molar refractivity (Wildman–Crippen MR) is 101 cm³/mol. The Morgan fingerprint density at radius 2 is 1.79 bits per heavy atom. The number of aromatic nitrogens is 2. The molecule has 1 unspecified atom stereocenters. The topological polar surface area (TPSA) is 29.0 Å². The van der Waals surface area contributed by atoms with Gasteiger partial charge in [0.2, 0.25) is 0 Å². The van der Waals surface area contributed by atoms with Gasteiger partial charge in [-0.25, -0.2) is 9.97 Å². The van der Waals surface area contributed by atoms with Crippen molar-refractivity contribution in [3.05, 3.63) is 53.6 Å². The summed E-state index contributed by atoms with van der Waals surface area (Å²) in [6.07, 6.45) is 3.73. The molecule has 2 heterocycles. The molecule has 1 atom stereocenters. The van der Waals surface area contributed by atoms with Gasteiger partial charge in [0.15, 0.2) is 5.82 Å². The van der Waals surface area contributed by atoms with E-state index in [1.807, 2.05) is 30.3 Å². The van der Waals surface area contributed by atoms with Crippen molar-refractivity contribution in [2.45, 2.75) is 32.2 Å². The fourth-order valence-corrected chi connectivity index (χ4v) is 3.55. The van der Waals surface area contributed by atoms with Gasteiger partial charge in [-0.05, 0) is 62.6 Å². The van der Waals surface area contributed by atoms with E-state index in [4.69, 9.17) is 21.6 Å². The second-order valence-electron chi connectivity index (χ2n) is 6.43. The first-order valence-corrected chi connectivity index (χ1v) is 8.89. The van der Waals surface area contributed by atoms with Crippen molar-refractivity contribution in [2.24, 2.45) is 0 Å². The van der Waals surface area contributed by atoms with E-state index in [9.17, 15) is 0 Å². The van der Waals surface area contributed by atoms with Gasteiger partial charge >= 0.3 is 0 Å². The summed E-state index contributed by atoms with van der Waals surface area (Å²) in [5, 5.41) is 1.85. The normalized spacial score (nSPS) is 18.1. The third-order valence-corrected chi connectivity index (χ3v) is 5.01. The number of halogens is 1. The summed E-state index contributed by atoms with van der Waals surface area (Å²) in [6.45, 7) is 3.35. The van der Waals surface area contributed by atoms with Gasteiger partial charge in [-0.3, -0.25) is 0 Å². The highest BCUT2D eigenvalue weighted by molar-refractivity contribution is 6.30. The molecule has 0 saturated carbocycles. The zero-order valence-electron chi connectivity index (χ0n) is 13.7. The average Bonchev–Trinajstić information content (AvgIpc) is 2.62. The summed E-state index contributed by atoms with van der Waals surface area (Å²) in [5.41, 5.74) is 1.99. The van der Waals surface area contributed by atoms with Crippen LogP contribution in [0.1, 0.15) is 26.2 Å². The van der Waals surface area contributed by atoms with E-state index >= 15 is 0 Å². The highest BCUT2D eigenvalue weighted by Gasteiger charge is 2.22. The van der Waals surface area contributed by atoms with Crippen LogP contribution in [0.5, 0.6) is 0 Å². The fourth-order valence-electron chi connectivity index (χ4n) is 3.42. The van der Waals surface area contributed by atoms with Gasteiger partial charge < -0.3 is 4.90 Å². The summed E-state index contributed by atoms with van der Waals surface area (Å²) in [4.78, 5) is 12.2. The smallest absolute Gasteiger partial charge is 0.162 e. The second kappa shape index (κ2) is 6.40. The second-order valence-corrected chi connectivity index (χ2v) is 6.87. The van der Waals surface area contributed by atoms with Crippen molar-refractivity contribution in [1.29, 1.82) is 0 Å². The number of piperidine rings is 1. The van der Waals surface area contributed by atoms with Gasteiger partial charge in [-0.15, -0.1) is 0 Å². The minimum absolute atomic E-state index is 0.509. The number of rotatable bonds is 2. The third-order valence-electron chi connectivity index (χ3n) is 4.76. The van der Waals surface area contributed by atoms with E-state index in [0.717, 1.165) is 39.7 Å². The van der Waals surface area contributed by atoms with Gasteiger partial charge in [0, 0.05) is 28.6 Å². The molecule has 0 N–H and O–H groups in total. The fraction of sp³-hybridized carbons (Fsp3) is 0.300. The summed E-state index contributed by atoms with van der Waals surface area (Å²) in [7, 11) is 0. The van der Waals surface area contributed by atoms with Crippen LogP contribution in [0.3, 0.4) is 0 Å². The number of hydrogen-bond acceptors (Lipinski definition) is 3. The number of anilines is 1. The Labute approximate surface area is 147 Å². The molecule has 1 aliphatic rings. The molecule has 1 aromatic heterocycles. The summed E-state index contributed by atoms with van der Waals surface area (Å²) < 4.78 is 0. The van der Waals surface area contributed by atoms with Crippen molar-refractivity contribution in [3.8, 4) is 11.4 Å². The van der Waals surface area contributed by atoms with Crippen LogP contribution in [-0.2, 0) is 0 Å². The summed E-state index contributed by atoms with van der Waals surface area (Å²) >= 11 is 6.02. The van der Waals surface area contributed by atoms with Crippen molar-refractivity contribution in [3.63, 3.8) is 0 Å². The average molecular weight is 338 g/mol.